The van der Waals surface area contributed by atoms with Crippen LogP contribution in [0, 0.1) is 13.8 Å². The Hall–Kier alpha value is -1.62. The molecule has 98 valence electrons. The van der Waals surface area contributed by atoms with Crippen LogP contribution in [0.2, 0.25) is 0 Å². The molecule has 5 nitrogen and oxygen atoms in total. The maximum Gasteiger partial charge on any atom is 0.147 e. The molecule has 0 saturated carbocycles. The highest BCUT2D eigenvalue weighted by atomic mass is 16.3. The normalized spacial score (nSPS) is 11.1. The van der Waals surface area contributed by atoms with E-state index in [1.54, 1.807) is 0 Å². The lowest BCUT2D eigenvalue weighted by Crippen LogP contribution is -2.13. The summed E-state index contributed by atoms with van der Waals surface area (Å²) in [4.78, 5) is 4.27. The summed E-state index contributed by atoms with van der Waals surface area (Å²) in [6.45, 7) is 8.43. The van der Waals surface area contributed by atoms with E-state index in [1.165, 1.54) is 0 Å². The number of rotatable bonds is 6. The van der Waals surface area contributed by atoms with Crippen LogP contribution >= 0.6 is 0 Å². The minimum atomic E-state index is 0.639. The lowest BCUT2D eigenvalue weighted by atomic mass is 10.4. The maximum absolute atomic E-state index is 5.75. The first-order valence-corrected chi connectivity index (χ1v) is 6.35. The van der Waals surface area contributed by atoms with Crippen LogP contribution in [-0.4, -0.2) is 21.3 Å². The van der Waals surface area contributed by atoms with Crippen LogP contribution in [0.5, 0.6) is 0 Å². The van der Waals surface area contributed by atoms with Crippen molar-refractivity contribution < 1.29 is 4.42 Å². The van der Waals surface area contributed by atoms with Gasteiger partial charge in [-0.05, 0) is 38.9 Å². The van der Waals surface area contributed by atoms with Crippen molar-refractivity contribution in [3.63, 3.8) is 0 Å². The molecule has 0 bridgehead atoms. The van der Waals surface area contributed by atoms with Gasteiger partial charge in [0.2, 0.25) is 0 Å². The topological polar surface area (TPSA) is 55.9 Å². The number of aromatic nitrogens is 3. The summed E-state index contributed by atoms with van der Waals surface area (Å²) < 4.78 is 7.61. The Kier molecular flexibility index (Phi) is 4.15. The maximum atomic E-state index is 5.75. The molecule has 1 N–H and O–H groups in total. The molecule has 0 fully saturated rings. The highest BCUT2D eigenvalue weighted by molar-refractivity contribution is 5.08. The van der Waals surface area contributed by atoms with Crippen molar-refractivity contribution in [2.45, 2.75) is 40.3 Å². The van der Waals surface area contributed by atoms with Crippen molar-refractivity contribution in [2.75, 3.05) is 6.54 Å². The molecule has 2 heterocycles. The van der Waals surface area contributed by atoms with Gasteiger partial charge in [-0.15, -0.1) is 0 Å². The third-order valence-electron chi connectivity index (χ3n) is 2.71. The average Bonchev–Trinajstić information content (AvgIpc) is 2.88. The zero-order chi connectivity index (χ0) is 13.0. The van der Waals surface area contributed by atoms with Gasteiger partial charge in [0.15, 0.2) is 0 Å². The van der Waals surface area contributed by atoms with E-state index in [0.29, 0.717) is 6.54 Å². The van der Waals surface area contributed by atoms with Gasteiger partial charge in [0, 0.05) is 0 Å². The summed E-state index contributed by atoms with van der Waals surface area (Å²) in [5.41, 5.74) is 0. The van der Waals surface area contributed by atoms with Gasteiger partial charge in [-0.1, -0.05) is 6.92 Å². The summed E-state index contributed by atoms with van der Waals surface area (Å²) in [5.74, 6) is 3.59. The molecule has 2 aromatic heterocycles. The van der Waals surface area contributed by atoms with E-state index in [1.807, 2.05) is 30.7 Å². The molecule has 5 heteroatoms. The highest BCUT2D eigenvalue weighted by Crippen LogP contribution is 2.10. The van der Waals surface area contributed by atoms with E-state index < -0.39 is 0 Å². The van der Waals surface area contributed by atoms with Gasteiger partial charge in [0.05, 0.1) is 6.54 Å². The van der Waals surface area contributed by atoms with E-state index in [0.717, 1.165) is 42.7 Å². The van der Waals surface area contributed by atoms with E-state index in [4.69, 9.17) is 4.42 Å². The number of hydrogen-bond acceptors (Lipinski definition) is 4. The molecule has 0 radical (unpaired) electrons. The Morgan fingerprint density at radius 3 is 2.72 bits per heavy atom. The number of nitrogens with zero attached hydrogens (tertiary/aromatic N) is 3. The zero-order valence-electron chi connectivity index (χ0n) is 11.2. The largest absolute Gasteiger partial charge is 0.463 e. The average molecular weight is 248 g/mol. The standard InChI is InChI=1S/C13H20N4O/c1-4-7-14-8-12-5-6-13(18-12)9-17-11(3)15-10(2)16-17/h5-6,14H,4,7-9H2,1-3H3. The molecule has 2 aromatic rings. The van der Waals surface area contributed by atoms with Gasteiger partial charge >= 0.3 is 0 Å². The molecule has 0 aromatic carbocycles. The van der Waals surface area contributed by atoms with Crippen LogP contribution in [-0.2, 0) is 13.1 Å². The van der Waals surface area contributed by atoms with Gasteiger partial charge in [-0.25, -0.2) is 9.67 Å². The first-order chi connectivity index (χ1) is 8.69. The number of furan rings is 1. The molecule has 0 aliphatic carbocycles. The number of nitrogens with one attached hydrogen (secondary N) is 1. The Bertz CT molecular complexity index is 501. The summed E-state index contributed by atoms with van der Waals surface area (Å²) in [7, 11) is 0. The molecule has 0 aliphatic rings. The molecule has 0 spiro atoms. The Labute approximate surface area is 107 Å². The second-order valence-electron chi connectivity index (χ2n) is 4.41. The Balaban J connectivity index is 1.96. The first-order valence-electron chi connectivity index (χ1n) is 6.35. The summed E-state index contributed by atoms with van der Waals surface area (Å²) in [6.07, 6.45) is 1.13. The minimum absolute atomic E-state index is 0.639. The molecule has 0 aliphatic heterocycles. The SMILES string of the molecule is CCCNCc1ccc(Cn2nc(C)nc2C)o1. The third kappa shape index (κ3) is 3.20. The fourth-order valence-electron chi connectivity index (χ4n) is 1.85. The van der Waals surface area contributed by atoms with Gasteiger partial charge in [0.25, 0.3) is 0 Å². The van der Waals surface area contributed by atoms with Crippen LogP contribution < -0.4 is 5.32 Å². The van der Waals surface area contributed by atoms with Gasteiger partial charge < -0.3 is 9.73 Å². The number of aryl methyl sites for hydroxylation is 2. The van der Waals surface area contributed by atoms with E-state index in [2.05, 4.69) is 22.3 Å². The molecule has 0 saturated heterocycles. The smallest absolute Gasteiger partial charge is 0.147 e. The van der Waals surface area contributed by atoms with E-state index in [-0.39, 0.29) is 0 Å². The van der Waals surface area contributed by atoms with Crippen LogP contribution in [0.15, 0.2) is 16.5 Å². The Morgan fingerprint density at radius 1 is 1.28 bits per heavy atom. The predicted octanol–water partition coefficient (Wildman–Crippen LogP) is 2.04. The van der Waals surface area contributed by atoms with Crippen molar-refractivity contribution in [3.05, 3.63) is 35.3 Å². The van der Waals surface area contributed by atoms with Crippen LogP contribution in [0.1, 0.15) is 36.5 Å². The van der Waals surface area contributed by atoms with Crippen molar-refractivity contribution in [2.24, 2.45) is 0 Å². The summed E-state index contributed by atoms with van der Waals surface area (Å²) >= 11 is 0. The second-order valence-corrected chi connectivity index (χ2v) is 4.41. The molecule has 2 rings (SSSR count). The van der Waals surface area contributed by atoms with Gasteiger partial charge in [0.1, 0.15) is 29.7 Å². The van der Waals surface area contributed by atoms with Crippen molar-refractivity contribution in [3.8, 4) is 0 Å². The zero-order valence-corrected chi connectivity index (χ0v) is 11.2. The van der Waals surface area contributed by atoms with E-state index >= 15 is 0 Å². The lowest BCUT2D eigenvalue weighted by molar-refractivity contribution is 0.428. The third-order valence-corrected chi connectivity index (χ3v) is 2.71. The van der Waals surface area contributed by atoms with Crippen LogP contribution in [0.4, 0.5) is 0 Å². The lowest BCUT2D eigenvalue weighted by Gasteiger charge is -2.01. The molecule has 0 unspecified atom stereocenters. The van der Waals surface area contributed by atoms with Crippen LogP contribution in [0.3, 0.4) is 0 Å². The molecule has 18 heavy (non-hydrogen) atoms. The molecule has 0 atom stereocenters. The molecule has 0 amide bonds. The first kappa shape index (κ1) is 12.8. The fraction of sp³-hybridized carbons (Fsp3) is 0.538. The minimum Gasteiger partial charge on any atom is -0.463 e. The quantitative estimate of drug-likeness (QED) is 0.795. The monoisotopic (exact) mass is 248 g/mol. The van der Waals surface area contributed by atoms with E-state index in [9.17, 15) is 0 Å². The summed E-state index contributed by atoms with van der Waals surface area (Å²) in [5, 5.41) is 7.64. The summed E-state index contributed by atoms with van der Waals surface area (Å²) in [6, 6.07) is 4.01. The molecular weight excluding hydrogens is 228 g/mol. The fourth-order valence-corrected chi connectivity index (χ4v) is 1.85. The second kappa shape index (κ2) is 5.82. The molecular formula is C13H20N4O. The van der Waals surface area contributed by atoms with Crippen LogP contribution in [0.25, 0.3) is 0 Å². The van der Waals surface area contributed by atoms with Gasteiger partial charge in [-0.3, -0.25) is 0 Å². The number of hydrogen-bond donors (Lipinski definition) is 1. The highest BCUT2D eigenvalue weighted by Gasteiger charge is 2.06. The van der Waals surface area contributed by atoms with Crippen molar-refractivity contribution in [1.82, 2.24) is 20.1 Å². The predicted molar refractivity (Wildman–Crippen MR) is 69.3 cm³/mol. The van der Waals surface area contributed by atoms with Gasteiger partial charge in [-0.2, -0.15) is 5.10 Å². The van der Waals surface area contributed by atoms with Crippen molar-refractivity contribution >= 4 is 0 Å². The van der Waals surface area contributed by atoms with Crippen molar-refractivity contribution in [1.29, 1.82) is 0 Å². The Morgan fingerprint density at radius 2 is 2.06 bits per heavy atom.